The Morgan fingerprint density at radius 2 is 1.80 bits per heavy atom. The number of unbranched alkanes of at least 4 members (excludes halogenated alkanes) is 2. The van der Waals surface area contributed by atoms with E-state index in [0.717, 1.165) is 19.4 Å². The number of carbonyl (C=O) groups is 1. The van der Waals surface area contributed by atoms with Crippen LogP contribution >= 0.6 is 0 Å². The molecule has 1 fully saturated rings. The quantitative estimate of drug-likeness (QED) is 0.733. The zero-order valence-corrected chi connectivity index (χ0v) is 13.6. The minimum absolute atomic E-state index is 0.209. The average Bonchev–Trinajstić information content (AvgIpc) is 2.34. The van der Waals surface area contributed by atoms with Crippen LogP contribution in [0.4, 0.5) is 4.79 Å². The maximum atomic E-state index is 11.9. The molecule has 0 radical (unpaired) electrons. The van der Waals surface area contributed by atoms with Crippen LogP contribution < -0.4 is 10.6 Å². The molecule has 0 spiro atoms. The van der Waals surface area contributed by atoms with Crippen LogP contribution in [-0.2, 0) is 4.74 Å². The fourth-order valence-corrected chi connectivity index (χ4v) is 2.67. The second-order valence-corrected chi connectivity index (χ2v) is 6.80. The van der Waals surface area contributed by atoms with Crippen molar-refractivity contribution < 1.29 is 9.53 Å². The van der Waals surface area contributed by atoms with Crippen LogP contribution in [0.1, 0.15) is 72.6 Å². The normalized spacial score (nSPS) is 23.4. The molecule has 0 unspecified atom stereocenters. The van der Waals surface area contributed by atoms with Crippen molar-refractivity contribution in [1.29, 1.82) is 0 Å². The van der Waals surface area contributed by atoms with E-state index < -0.39 is 5.60 Å². The van der Waals surface area contributed by atoms with Gasteiger partial charge in [-0.3, -0.25) is 0 Å². The lowest BCUT2D eigenvalue weighted by Crippen LogP contribution is -2.52. The predicted octanol–water partition coefficient (Wildman–Crippen LogP) is 3.60. The van der Waals surface area contributed by atoms with Crippen molar-refractivity contribution in [3.63, 3.8) is 0 Å². The fraction of sp³-hybridized carbons (Fsp3) is 0.938. The Balaban J connectivity index is 2.37. The second-order valence-electron chi connectivity index (χ2n) is 6.80. The third-order valence-corrected chi connectivity index (χ3v) is 3.65. The lowest BCUT2D eigenvalue weighted by atomic mass is 9.90. The zero-order valence-electron chi connectivity index (χ0n) is 13.6. The topological polar surface area (TPSA) is 50.4 Å². The summed E-state index contributed by atoms with van der Waals surface area (Å²) in [5.74, 6) is 0. The molecule has 0 aromatic heterocycles. The minimum atomic E-state index is -0.428. The Bertz CT molecular complexity index is 287. The number of ether oxygens (including phenoxy) is 1. The monoisotopic (exact) mass is 284 g/mol. The van der Waals surface area contributed by atoms with E-state index in [9.17, 15) is 4.79 Å². The molecular formula is C16H32N2O2. The largest absolute Gasteiger partial charge is 0.444 e. The van der Waals surface area contributed by atoms with Crippen molar-refractivity contribution in [2.24, 2.45) is 0 Å². The molecule has 0 heterocycles. The molecule has 1 amide bonds. The fourth-order valence-electron chi connectivity index (χ4n) is 2.67. The van der Waals surface area contributed by atoms with E-state index in [-0.39, 0.29) is 12.1 Å². The van der Waals surface area contributed by atoms with Gasteiger partial charge in [-0.2, -0.15) is 0 Å². The van der Waals surface area contributed by atoms with Crippen molar-refractivity contribution in [3.05, 3.63) is 0 Å². The van der Waals surface area contributed by atoms with E-state index in [1.807, 2.05) is 20.8 Å². The molecule has 118 valence electrons. The molecule has 20 heavy (non-hydrogen) atoms. The summed E-state index contributed by atoms with van der Waals surface area (Å²) < 4.78 is 5.35. The standard InChI is InChI=1S/C16H32N2O2/c1-5-6-9-12-17-13-10-7-8-11-14(13)18-15(19)20-16(2,3)4/h13-14,17H,5-12H2,1-4H3,(H,18,19)/t13-,14-/m1/s1. The zero-order chi connectivity index (χ0) is 15.0. The molecule has 0 aromatic rings. The van der Waals surface area contributed by atoms with Crippen LogP contribution in [0.2, 0.25) is 0 Å². The lowest BCUT2D eigenvalue weighted by Gasteiger charge is -2.33. The lowest BCUT2D eigenvalue weighted by molar-refractivity contribution is 0.0479. The first kappa shape index (κ1) is 17.3. The summed E-state index contributed by atoms with van der Waals surface area (Å²) in [5, 5.41) is 6.65. The predicted molar refractivity (Wildman–Crippen MR) is 82.9 cm³/mol. The number of nitrogens with one attached hydrogen (secondary N) is 2. The van der Waals surface area contributed by atoms with Crippen LogP contribution in [0.15, 0.2) is 0 Å². The second kappa shape index (κ2) is 8.50. The van der Waals surface area contributed by atoms with Gasteiger partial charge < -0.3 is 15.4 Å². The summed E-state index contributed by atoms with van der Waals surface area (Å²) in [4.78, 5) is 11.9. The average molecular weight is 284 g/mol. The van der Waals surface area contributed by atoms with Crippen LogP contribution in [0.5, 0.6) is 0 Å². The molecule has 1 aliphatic rings. The Kier molecular flexibility index (Phi) is 7.35. The Hall–Kier alpha value is -0.770. The maximum absolute atomic E-state index is 11.9. The first-order valence-electron chi connectivity index (χ1n) is 8.15. The molecule has 0 aliphatic heterocycles. The third kappa shape index (κ3) is 7.13. The van der Waals surface area contributed by atoms with Crippen LogP contribution in [-0.4, -0.2) is 30.3 Å². The van der Waals surface area contributed by atoms with Crippen LogP contribution in [0.25, 0.3) is 0 Å². The van der Waals surface area contributed by atoms with Gasteiger partial charge in [0.15, 0.2) is 0 Å². The van der Waals surface area contributed by atoms with Crippen molar-refractivity contribution >= 4 is 6.09 Å². The summed E-state index contributed by atoms with van der Waals surface area (Å²) in [6.45, 7) is 8.95. The van der Waals surface area contributed by atoms with Gasteiger partial charge in [0.05, 0.1) is 0 Å². The number of amides is 1. The van der Waals surface area contributed by atoms with Gasteiger partial charge in [0.1, 0.15) is 5.60 Å². The van der Waals surface area contributed by atoms with Crippen LogP contribution in [0, 0.1) is 0 Å². The van der Waals surface area contributed by atoms with Gasteiger partial charge in [-0.25, -0.2) is 4.79 Å². The first-order chi connectivity index (χ1) is 9.42. The number of alkyl carbamates (subject to hydrolysis) is 1. The molecule has 0 saturated heterocycles. The SMILES string of the molecule is CCCCCN[C@@H]1CCCC[C@H]1NC(=O)OC(C)(C)C. The maximum Gasteiger partial charge on any atom is 0.407 e. The van der Waals surface area contributed by atoms with E-state index in [1.165, 1.54) is 32.1 Å². The summed E-state index contributed by atoms with van der Waals surface area (Å²) in [6, 6.07) is 0.605. The molecule has 2 N–H and O–H groups in total. The molecule has 2 atom stereocenters. The Morgan fingerprint density at radius 1 is 1.15 bits per heavy atom. The van der Waals surface area contributed by atoms with Crippen molar-refractivity contribution in [1.82, 2.24) is 10.6 Å². The van der Waals surface area contributed by atoms with Crippen LogP contribution in [0.3, 0.4) is 0 Å². The smallest absolute Gasteiger partial charge is 0.407 e. The number of hydrogen-bond donors (Lipinski definition) is 2. The summed E-state index contributed by atoms with van der Waals surface area (Å²) in [7, 11) is 0. The molecule has 1 saturated carbocycles. The van der Waals surface area contributed by atoms with Gasteiger partial charge in [0.25, 0.3) is 0 Å². The summed E-state index contributed by atoms with van der Waals surface area (Å²) >= 11 is 0. The van der Waals surface area contributed by atoms with E-state index in [0.29, 0.717) is 6.04 Å². The molecule has 0 bridgehead atoms. The highest BCUT2D eigenvalue weighted by molar-refractivity contribution is 5.68. The van der Waals surface area contributed by atoms with Gasteiger partial charge >= 0.3 is 6.09 Å². The number of carbonyl (C=O) groups excluding carboxylic acids is 1. The summed E-state index contributed by atoms with van der Waals surface area (Å²) in [6.07, 6.45) is 8.06. The van der Waals surface area contributed by atoms with E-state index in [4.69, 9.17) is 4.74 Å². The number of hydrogen-bond acceptors (Lipinski definition) is 3. The molecule has 1 rings (SSSR count). The summed E-state index contributed by atoms with van der Waals surface area (Å²) in [5.41, 5.74) is -0.428. The van der Waals surface area contributed by atoms with Crippen molar-refractivity contribution in [2.75, 3.05) is 6.54 Å². The van der Waals surface area contributed by atoms with E-state index in [2.05, 4.69) is 17.6 Å². The molecule has 4 heteroatoms. The van der Waals surface area contributed by atoms with E-state index in [1.54, 1.807) is 0 Å². The highest BCUT2D eigenvalue weighted by Crippen LogP contribution is 2.19. The molecule has 4 nitrogen and oxygen atoms in total. The van der Waals surface area contributed by atoms with Gasteiger partial charge in [-0.15, -0.1) is 0 Å². The minimum Gasteiger partial charge on any atom is -0.444 e. The Morgan fingerprint density at radius 3 is 2.40 bits per heavy atom. The van der Waals surface area contributed by atoms with E-state index >= 15 is 0 Å². The highest BCUT2D eigenvalue weighted by Gasteiger charge is 2.27. The molecule has 1 aliphatic carbocycles. The van der Waals surface area contributed by atoms with Gasteiger partial charge in [0, 0.05) is 12.1 Å². The van der Waals surface area contributed by atoms with Crippen molar-refractivity contribution in [2.45, 2.75) is 90.3 Å². The van der Waals surface area contributed by atoms with Crippen molar-refractivity contribution in [3.8, 4) is 0 Å². The van der Waals surface area contributed by atoms with Gasteiger partial charge in [-0.05, 0) is 46.6 Å². The molecule has 0 aromatic carbocycles. The molecular weight excluding hydrogens is 252 g/mol. The highest BCUT2D eigenvalue weighted by atomic mass is 16.6. The Labute approximate surface area is 124 Å². The van der Waals surface area contributed by atoms with Gasteiger partial charge in [-0.1, -0.05) is 32.6 Å². The third-order valence-electron chi connectivity index (χ3n) is 3.65. The first-order valence-corrected chi connectivity index (χ1v) is 8.15. The number of rotatable bonds is 6. The van der Waals surface area contributed by atoms with Gasteiger partial charge in [0.2, 0.25) is 0 Å².